The van der Waals surface area contributed by atoms with Crippen LogP contribution in [0.25, 0.3) is 0 Å². The normalized spacial score (nSPS) is 14.6. The molecule has 1 aliphatic rings. The van der Waals surface area contributed by atoms with Crippen LogP contribution in [-0.4, -0.2) is 42.5 Å². The molecular formula is C18H22N6O5S. The van der Waals surface area contributed by atoms with E-state index >= 15 is 0 Å². The third-order valence-electron chi connectivity index (χ3n) is 4.49. The number of aromatic nitrogens is 2. The van der Waals surface area contributed by atoms with Crippen molar-refractivity contribution in [1.82, 2.24) is 9.97 Å². The zero-order chi connectivity index (χ0) is 22.1. The highest BCUT2D eigenvalue weighted by Gasteiger charge is 2.29. The molecule has 0 aliphatic heterocycles. The molecule has 0 spiro atoms. The molecule has 12 heteroatoms. The minimum atomic E-state index is -3.84. The Balaban J connectivity index is 1.88. The number of amides is 2. The van der Waals surface area contributed by atoms with Crippen LogP contribution in [0.5, 0.6) is 5.75 Å². The predicted molar refractivity (Wildman–Crippen MR) is 110 cm³/mol. The smallest absolute Gasteiger partial charge is 0.306 e. The van der Waals surface area contributed by atoms with Crippen molar-refractivity contribution in [3.05, 3.63) is 35.5 Å². The van der Waals surface area contributed by atoms with E-state index in [0.29, 0.717) is 17.4 Å². The summed E-state index contributed by atoms with van der Waals surface area (Å²) in [5.74, 6) is -0.781. The molecule has 2 amide bonds. The maximum absolute atomic E-state index is 11.7. The van der Waals surface area contributed by atoms with Crippen molar-refractivity contribution in [3.63, 3.8) is 0 Å². The molecule has 30 heavy (non-hydrogen) atoms. The highest BCUT2D eigenvalue weighted by atomic mass is 32.2. The lowest BCUT2D eigenvalue weighted by Crippen LogP contribution is -2.23. The number of anilines is 3. The number of primary amides is 2. The number of benzene rings is 1. The van der Waals surface area contributed by atoms with Gasteiger partial charge in [0.05, 0.1) is 17.4 Å². The van der Waals surface area contributed by atoms with Crippen molar-refractivity contribution in [2.75, 3.05) is 16.9 Å². The lowest BCUT2D eigenvalue weighted by atomic mass is 10.1. The fraction of sp³-hybridized carbons (Fsp3) is 0.333. The van der Waals surface area contributed by atoms with E-state index in [0.717, 1.165) is 19.1 Å². The Morgan fingerprint density at radius 1 is 1.20 bits per heavy atom. The molecule has 6 N–H and O–H groups in total. The summed E-state index contributed by atoms with van der Waals surface area (Å²) in [4.78, 5) is 31.8. The Labute approximate surface area is 173 Å². The van der Waals surface area contributed by atoms with Crippen molar-refractivity contribution in [3.8, 4) is 5.75 Å². The molecule has 160 valence electrons. The molecule has 0 radical (unpaired) electrons. The second-order valence-corrected chi connectivity index (χ2v) is 8.65. The minimum Gasteiger partial charge on any atom is -0.382 e. The van der Waals surface area contributed by atoms with Crippen LogP contribution < -0.4 is 26.3 Å². The Bertz CT molecular complexity index is 1100. The van der Waals surface area contributed by atoms with E-state index in [9.17, 15) is 18.0 Å². The first kappa shape index (κ1) is 21.3. The predicted octanol–water partition coefficient (Wildman–Crippen LogP) is 0.967. The van der Waals surface area contributed by atoms with E-state index in [-0.39, 0.29) is 28.9 Å². The largest absolute Gasteiger partial charge is 0.382 e. The van der Waals surface area contributed by atoms with Gasteiger partial charge in [0.2, 0.25) is 5.95 Å². The van der Waals surface area contributed by atoms with Gasteiger partial charge in [0.1, 0.15) is 5.82 Å². The molecule has 2 aromatic rings. The van der Waals surface area contributed by atoms with Crippen molar-refractivity contribution >= 4 is 39.4 Å². The Morgan fingerprint density at radius 2 is 1.87 bits per heavy atom. The van der Waals surface area contributed by atoms with E-state index in [1.54, 1.807) is 0 Å². The topological polar surface area (TPSA) is 179 Å². The maximum atomic E-state index is 11.7. The Morgan fingerprint density at radius 3 is 2.43 bits per heavy atom. The summed E-state index contributed by atoms with van der Waals surface area (Å²) in [5.41, 5.74) is 11.1. The lowest BCUT2D eigenvalue weighted by molar-refractivity contribution is 0.0991. The van der Waals surface area contributed by atoms with Crippen LogP contribution >= 0.6 is 0 Å². The summed E-state index contributed by atoms with van der Waals surface area (Å²) >= 11 is 0. The number of nitrogens with one attached hydrogen (secondary N) is 2. The molecule has 1 aromatic heterocycles. The fourth-order valence-electron chi connectivity index (χ4n) is 2.83. The molecule has 11 nitrogen and oxygen atoms in total. The van der Waals surface area contributed by atoms with Crippen molar-refractivity contribution in [1.29, 1.82) is 0 Å². The van der Waals surface area contributed by atoms with Crippen LogP contribution in [0.4, 0.5) is 17.5 Å². The van der Waals surface area contributed by atoms with Crippen molar-refractivity contribution in [2.45, 2.75) is 25.8 Å². The maximum Gasteiger partial charge on any atom is 0.306 e. The monoisotopic (exact) mass is 434 g/mol. The van der Waals surface area contributed by atoms with Gasteiger partial charge in [-0.2, -0.15) is 13.4 Å². The molecule has 1 fully saturated rings. The molecule has 1 atom stereocenters. The van der Waals surface area contributed by atoms with Crippen LogP contribution in [0, 0.1) is 5.92 Å². The molecule has 1 aromatic carbocycles. The lowest BCUT2D eigenvalue weighted by Gasteiger charge is -2.16. The van der Waals surface area contributed by atoms with Crippen LogP contribution in [0.2, 0.25) is 0 Å². The third kappa shape index (κ3) is 5.35. The molecular weight excluding hydrogens is 412 g/mol. The SMILES string of the molecule is CC(Nc1nc(Nc2ccc(OS(C)(=O)=O)c(C(N)=O)c2)ncc1C(N)=O)C1CC1. The number of rotatable bonds is 9. The fourth-order valence-corrected chi connectivity index (χ4v) is 3.30. The van der Waals surface area contributed by atoms with E-state index < -0.39 is 21.9 Å². The Kier molecular flexibility index (Phi) is 5.78. The standard InChI is InChI=1S/C18H22N6O5S/c1-9(10-3-4-10)22-17-13(16(20)26)8-21-18(24-17)23-11-5-6-14(29-30(2,27)28)12(7-11)15(19)25/h5-10H,3-4H2,1-2H3,(H2,19,25)(H2,20,26)(H2,21,22,23,24). The Hall–Kier alpha value is -3.41. The highest BCUT2D eigenvalue weighted by Crippen LogP contribution is 2.34. The minimum absolute atomic E-state index is 0.111. The van der Waals surface area contributed by atoms with E-state index in [1.807, 2.05) is 6.92 Å². The van der Waals surface area contributed by atoms with Gasteiger partial charge in [-0.15, -0.1) is 0 Å². The zero-order valence-corrected chi connectivity index (χ0v) is 17.2. The molecule has 1 aliphatic carbocycles. The summed E-state index contributed by atoms with van der Waals surface area (Å²) in [6, 6.07) is 4.18. The molecule has 0 saturated heterocycles. The average Bonchev–Trinajstić information content (AvgIpc) is 3.47. The first-order valence-corrected chi connectivity index (χ1v) is 10.9. The summed E-state index contributed by atoms with van der Waals surface area (Å²) in [7, 11) is -3.84. The molecule has 1 saturated carbocycles. The van der Waals surface area contributed by atoms with Crippen LogP contribution in [-0.2, 0) is 10.1 Å². The number of carbonyl (C=O) groups excluding carboxylic acids is 2. The second kappa shape index (κ2) is 8.14. The number of nitrogens with zero attached hydrogens (tertiary/aromatic N) is 2. The van der Waals surface area contributed by atoms with E-state index in [1.165, 1.54) is 24.4 Å². The van der Waals surface area contributed by atoms with Gasteiger partial charge in [-0.3, -0.25) is 9.59 Å². The van der Waals surface area contributed by atoms with Crippen LogP contribution in [0.1, 0.15) is 40.5 Å². The van der Waals surface area contributed by atoms with Gasteiger partial charge >= 0.3 is 10.1 Å². The zero-order valence-electron chi connectivity index (χ0n) is 16.4. The number of hydrogen-bond donors (Lipinski definition) is 4. The van der Waals surface area contributed by atoms with Crippen molar-refractivity contribution < 1.29 is 22.2 Å². The van der Waals surface area contributed by atoms with Crippen LogP contribution in [0.3, 0.4) is 0 Å². The number of nitrogens with two attached hydrogens (primary N) is 2. The summed E-state index contributed by atoms with van der Waals surface area (Å²) < 4.78 is 27.5. The molecule has 0 bridgehead atoms. The van der Waals surface area contributed by atoms with E-state index in [2.05, 4.69) is 20.6 Å². The third-order valence-corrected chi connectivity index (χ3v) is 4.97. The first-order chi connectivity index (χ1) is 14.0. The van der Waals surface area contributed by atoms with E-state index in [4.69, 9.17) is 15.7 Å². The van der Waals surface area contributed by atoms with Gasteiger partial charge < -0.3 is 26.3 Å². The first-order valence-electron chi connectivity index (χ1n) is 9.07. The molecule has 1 heterocycles. The van der Waals surface area contributed by atoms with Gasteiger partial charge in [-0.25, -0.2) is 4.98 Å². The average molecular weight is 434 g/mol. The summed E-state index contributed by atoms with van der Waals surface area (Å²) in [5, 5.41) is 6.08. The summed E-state index contributed by atoms with van der Waals surface area (Å²) in [6.45, 7) is 2.00. The van der Waals surface area contributed by atoms with Crippen LogP contribution in [0.15, 0.2) is 24.4 Å². The summed E-state index contributed by atoms with van der Waals surface area (Å²) in [6.07, 6.45) is 4.37. The molecule has 3 rings (SSSR count). The highest BCUT2D eigenvalue weighted by molar-refractivity contribution is 7.86. The number of hydrogen-bond acceptors (Lipinski definition) is 9. The number of carbonyl (C=O) groups is 2. The van der Waals surface area contributed by atoms with Gasteiger partial charge in [-0.1, -0.05) is 0 Å². The molecule has 1 unspecified atom stereocenters. The van der Waals surface area contributed by atoms with Gasteiger partial charge in [0, 0.05) is 17.9 Å². The van der Waals surface area contributed by atoms with Gasteiger partial charge in [0.25, 0.3) is 11.8 Å². The second-order valence-electron chi connectivity index (χ2n) is 7.08. The van der Waals surface area contributed by atoms with Crippen molar-refractivity contribution in [2.24, 2.45) is 17.4 Å². The van der Waals surface area contributed by atoms with Gasteiger partial charge in [-0.05, 0) is 43.9 Å². The quantitative estimate of drug-likeness (QED) is 0.418. The van der Waals surface area contributed by atoms with Gasteiger partial charge in [0.15, 0.2) is 5.75 Å².